The summed E-state index contributed by atoms with van der Waals surface area (Å²) in [6, 6.07) is 6.54. The Hall–Kier alpha value is -2.13. The van der Waals surface area contributed by atoms with Gasteiger partial charge in [-0.2, -0.15) is 0 Å². The molecular weight excluding hydrogens is 348 g/mol. The first-order valence-electron chi connectivity index (χ1n) is 8.10. The molecule has 0 bridgehead atoms. The van der Waals surface area contributed by atoms with Crippen LogP contribution in [0.4, 0.5) is 5.69 Å². The Morgan fingerprint density at radius 2 is 2.08 bits per heavy atom. The molecule has 0 saturated carbocycles. The topological polar surface area (TPSA) is 104 Å². The van der Waals surface area contributed by atoms with E-state index in [4.69, 9.17) is 9.84 Å². The van der Waals surface area contributed by atoms with Crippen LogP contribution in [0.15, 0.2) is 24.3 Å². The number of carboxylic acid groups (broad SMARTS) is 1. The predicted octanol–water partition coefficient (Wildman–Crippen LogP) is 0.542. The van der Waals surface area contributed by atoms with Gasteiger partial charge in [-0.1, -0.05) is 6.07 Å². The van der Waals surface area contributed by atoms with Gasteiger partial charge in [-0.05, 0) is 24.6 Å². The van der Waals surface area contributed by atoms with Gasteiger partial charge in [-0.25, -0.2) is 8.42 Å². The summed E-state index contributed by atoms with van der Waals surface area (Å²) in [5.41, 5.74) is 0.870. The lowest BCUT2D eigenvalue weighted by molar-refractivity contribution is -0.141. The van der Waals surface area contributed by atoms with E-state index in [1.54, 1.807) is 29.2 Å². The smallest absolute Gasteiger partial charge is 0.306 e. The number of rotatable bonds is 4. The van der Waals surface area contributed by atoms with Crippen LogP contribution in [-0.2, 0) is 19.6 Å². The molecule has 1 aromatic rings. The molecule has 1 atom stereocenters. The molecule has 0 aromatic heterocycles. The SMILES string of the molecule is O=C(O)C[C@@H]1CN(C(=O)c2cccc(N3CCCS3(=O)=O)c2)CCO1. The summed E-state index contributed by atoms with van der Waals surface area (Å²) in [5.74, 6) is -1.11. The molecule has 1 aromatic carbocycles. The van der Waals surface area contributed by atoms with Crippen LogP contribution in [0.3, 0.4) is 0 Å². The summed E-state index contributed by atoms with van der Waals surface area (Å²) in [4.78, 5) is 25.1. The number of benzene rings is 1. The highest BCUT2D eigenvalue weighted by Gasteiger charge is 2.30. The second-order valence-electron chi connectivity index (χ2n) is 6.13. The first kappa shape index (κ1) is 17.7. The maximum Gasteiger partial charge on any atom is 0.306 e. The van der Waals surface area contributed by atoms with E-state index in [1.165, 1.54) is 4.31 Å². The Bertz CT molecular complexity index is 779. The van der Waals surface area contributed by atoms with Crippen molar-refractivity contribution in [3.63, 3.8) is 0 Å². The Labute approximate surface area is 146 Å². The molecule has 3 rings (SSSR count). The lowest BCUT2D eigenvalue weighted by Crippen LogP contribution is -2.46. The number of aliphatic carboxylic acids is 1. The van der Waals surface area contributed by atoms with Crippen LogP contribution in [0.2, 0.25) is 0 Å². The molecule has 8 nitrogen and oxygen atoms in total. The second kappa shape index (κ2) is 7.01. The molecular formula is C16H20N2O6S. The Morgan fingerprint density at radius 3 is 2.76 bits per heavy atom. The number of carbonyl (C=O) groups excluding carboxylic acids is 1. The lowest BCUT2D eigenvalue weighted by atomic mass is 10.1. The van der Waals surface area contributed by atoms with Crippen molar-refractivity contribution in [1.82, 2.24) is 4.90 Å². The van der Waals surface area contributed by atoms with Crippen LogP contribution >= 0.6 is 0 Å². The molecule has 2 aliphatic rings. The minimum absolute atomic E-state index is 0.117. The highest BCUT2D eigenvalue weighted by Crippen LogP contribution is 2.25. The summed E-state index contributed by atoms with van der Waals surface area (Å²) in [5, 5.41) is 8.87. The van der Waals surface area contributed by atoms with Crippen molar-refractivity contribution in [1.29, 1.82) is 0 Å². The molecule has 9 heteroatoms. The number of morpholine rings is 1. The lowest BCUT2D eigenvalue weighted by Gasteiger charge is -2.32. The number of sulfonamides is 1. The molecule has 0 unspecified atom stereocenters. The van der Waals surface area contributed by atoms with Gasteiger partial charge in [0.15, 0.2) is 0 Å². The van der Waals surface area contributed by atoms with Gasteiger partial charge in [0.1, 0.15) is 0 Å². The largest absolute Gasteiger partial charge is 0.481 e. The fourth-order valence-electron chi connectivity index (χ4n) is 3.13. The first-order chi connectivity index (χ1) is 11.9. The van der Waals surface area contributed by atoms with Crippen molar-refractivity contribution < 1.29 is 27.9 Å². The summed E-state index contributed by atoms with van der Waals surface area (Å²) < 4.78 is 30.8. The predicted molar refractivity (Wildman–Crippen MR) is 90.1 cm³/mol. The van der Waals surface area contributed by atoms with Crippen molar-refractivity contribution in [2.75, 3.05) is 36.3 Å². The number of anilines is 1. The number of carboxylic acids is 1. The third-order valence-electron chi connectivity index (χ3n) is 4.31. The molecule has 2 heterocycles. The van der Waals surface area contributed by atoms with Gasteiger partial charge < -0.3 is 14.7 Å². The first-order valence-corrected chi connectivity index (χ1v) is 9.71. The zero-order chi connectivity index (χ0) is 18.0. The van der Waals surface area contributed by atoms with Gasteiger partial charge in [0.05, 0.1) is 30.6 Å². The van der Waals surface area contributed by atoms with E-state index in [2.05, 4.69) is 0 Å². The molecule has 0 aliphatic carbocycles. The van der Waals surface area contributed by atoms with Crippen LogP contribution in [0.1, 0.15) is 23.2 Å². The number of hydrogen-bond acceptors (Lipinski definition) is 5. The van der Waals surface area contributed by atoms with Crippen LogP contribution in [0.5, 0.6) is 0 Å². The summed E-state index contributed by atoms with van der Waals surface area (Å²) in [6.07, 6.45) is -0.117. The van der Waals surface area contributed by atoms with Gasteiger partial charge in [0.2, 0.25) is 10.0 Å². The molecule has 2 fully saturated rings. The zero-order valence-corrected chi connectivity index (χ0v) is 14.4. The average Bonchev–Trinajstić information content (AvgIpc) is 2.93. The average molecular weight is 368 g/mol. The Balaban J connectivity index is 1.76. The van der Waals surface area contributed by atoms with Crippen LogP contribution < -0.4 is 4.31 Å². The van der Waals surface area contributed by atoms with E-state index in [0.29, 0.717) is 30.8 Å². The van der Waals surface area contributed by atoms with E-state index in [9.17, 15) is 18.0 Å². The summed E-state index contributed by atoms with van der Waals surface area (Å²) in [6.45, 7) is 1.28. The van der Waals surface area contributed by atoms with Gasteiger partial charge in [0, 0.05) is 25.2 Å². The Morgan fingerprint density at radius 1 is 1.28 bits per heavy atom. The van der Waals surface area contributed by atoms with E-state index in [1.807, 2.05) is 0 Å². The molecule has 25 heavy (non-hydrogen) atoms. The fraction of sp³-hybridized carbons (Fsp3) is 0.500. The monoisotopic (exact) mass is 368 g/mol. The summed E-state index contributed by atoms with van der Waals surface area (Å²) in [7, 11) is -3.31. The summed E-state index contributed by atoms with van der Waals surface area (Å²) >= 11 is 0. The van der Waals surface area contributed by atoms with Crippen LogP contribution in [-0.4, -0.2) is 68.4 Å². The number of nitrogens with zero attached hydrogens (tertiary/aromatic N) is 2. The van der Waals surface area contributed by atoms with Crippen LogP contribution in [0, 0.1) is 0 Å². The van der Waals surface area contributed by atoms with Gasteiger partial charge in [-0.3, -0.25) is 13.9 Å². The second-order valence-corrected chi connectivity index (χ2v) is 8.15. The fourth-order valence-corrected chi connectivity index (χ4v) is 4.68. The van der Waals surface area contributed by atoms with Crippen molar-refractivity contribution in [2.45, 2.75) is 18.9 Å². The molecule has 2 aliphatic heterocycles. The van der Waals surface area contributed by atoms with E-state index < -0.39 is 22.1 Å². The van der Waals surface area contributed by atoms with Crippen molar-refractivity contribution in [3.8, 4) is 0 Å². The quantitative estimate of drug-likeness (QED) is 0.832. The number of amides is 1. The number of ether oxygens (including phenoxy) is 1. The molecule has 1 N–H and O–H groups in total. The highest BCUT2D eigenvalue weighted by atomic mass is 32.2. The van der Waals surface area contributed by atoms with Gasteiger partial charge in [-0.15, -0.1) is 0 Å². The third-order valence-corrected chi connectivity index (χ3v) is 6.18. The molecule has 1 amide bonds. The molecule has 136 valence electrons. The number of carbonyl (C=O) groups is 2. The zero-order valence-electron chi connectivity index (χ0n) is 13.6. The van der Waals surface area contributed by atoms with Crippen molar-refractivity contribution in [3.05, 3.63) is 29.8 Å². The van der Waals surface area contributed by atoms with E-state index >= 15 is 0 Å². The minimum Gasteiger partial charge on any atom is -0.481 e. The van der Waals surface area contributed by atoms with Crippen molar-refractivity contribution in [2.24, 2.45) is 0 Å². The molecule has 0 spiro atoms. The molecule has 2 saturated heterocycles. The van der Waals surface area contributed by atoms with E-state index in [-0.39, 0.29) is 31.2 Å². The third kappa shape index (κ3) is 3.93. The highest BCUT2D eigenvalue weighted by molar-refractivity contribution is 7.93. The van der Waals surface area contributed by atoms with Gasteiger partial charge in [0.25, 0.3) is 5.91 Å². The molecule has 0 radical (unpaired) electrons. The van der Waals surface area contributed by atoms with Crippen molar-refractivity contribution >= 4 is 27.6 Å². The number of hydrogen-bond donors (Lipinski definition) is 1. The maximum atomic E-state index is 12.7. The maximum absolute atomic E-state index is 12.7. The minimum atomic E-state index is -3.31. The van der Waals surface area contributed by atoms with Gasteiger partial charge >= 0.3 is 5.97 Å². The normalized spacial score (nSPS) is 22.8. The standard InChI is InChI=1S/C16H20N2O6S/c19-15(20)10-14-11-17(6-7-24-14)16(21)12-3-1-4-13(9-12)18-5-2-8-25(18,22)23/h1,3-4,9,14H,2,5-8,10-11H2,(H,19,20)/t14-/m1/s1. The Kier molecular flexibility index (Phi) is 4.96. The van der Waals surface area contributed by atoms with Crippen LogP contribution in [0.25, 0.3) is 0 Å². The van der Waals surface area contributed by atoms with E-state index in [0.717, 1.165) is 0 Å².